The Morgan fingerprint density at radius 1 is 1.20 bits per heavy atom. The summed E-state index contributed by atoms with van der Waals surface area (Å²) in [4.78, 5) is 12.4. The molecule has 0 radical (unpaired) electrons. The van der Waals surface area contributed by atoms with Crippen LogP contribution in [0.5, 0.6) is 11.5 Å². The molecular weight excluding hydrogens is 424 g/mol. The Hall–Kier alpha value is -2.71. The number of rotatable bonds is 9. The van der Waals surface area contributed by atoms with Gasteiger partial charge in [-0.25, -0.2) is 0 Å². The number of nitrogens with one attached hydrogen (secondary N) is 1. The minimum absolute atomic E-state index is 0.150. The second-order valence-corrected chi connectivity index (χ2v) is 7.75. The molecule has 0 atom stereocenters. The van der Waals surface area contributed by atoms with Crippen LogP contribution in [0, 0.1) is 6.92 Å². The lowest BCUT2D eigenvalue weighted by atomic mass is 10.2. The Kier molecular flexibility index (Phi) is 7.59. The third kappa shape index (κ3) is 5.46. The largest absolute Gasteiger partial charge is 0.495 e. The first-order chi connectivity index (χ1) is 14.5. The molecule has 0 bridgehead atoms. The number of thioether (sulfide) groups is 1. The summed E-state index contributed by atoms with van der Waals surface area (Å²) in [5.41, 5.74) is 1.68. The molecule has 0 aliphatic rings. The van der Waals surface area contributed by atoms with E-state index in [1.54, 1.807) is 19.2 Å². The van der Waals surface area contributed by atoms with Crippen molar-refractivity contribution in [3.8, 4) is 11.5 Å². The van der Waals surface area contributed by atoms with Crippen molar-refractivity contribution in [2.24, 2.45) is 0 Å². The van der Waals surface area contributed by atoms with E-state index in [1.165, 1.54) is 11.8 Å². The minimum atomic E-state index is -0.150. The highest BCUT2D eigenvalue weighted by Crippen LogP contribution is 2.27. The summed E-state index contributed by atoms with van der Waals surface area (Å²) in [6.07, 6.45) is 0. The van der Waals surface area contributed by atoms with Crippen LogP contribution < -0.4 is 14.8 Å². The predicted octanol–water partition coefficient (Wildman–Crippen LogP) is 4.58. The van der Waals surface area contributed by atoms with Crippen molar-refractivity contribution >= 4 is 35.0 Å². The van der Waals surface area contributed by atoms with Crippen LogP contribution >= 0.6 is 23.4 Å². The Balaban J connectivity index is 1.61. The molecule has 1 amide bonds. The lowest BCUT2D eigenvalue weighted by molar-refractivity contribution is -0.113. The maximum atomic E-state index is 12.4. The van der Waals surface area contributed by atoms with E-state index < -0.39 is 0 Å². The van der Waals surface area contributed by atoms with Crippen LogP contribution in [0.4, 0.5) is 5.69 Å². The SMILES string of the molecule is CCn1c(COc2ccccc2Cl)nnc1SCC(=O)Nc1cc(C)ccc1OC. The molecule has 7 nitrogen and oxygen atoms in total. The van der Waals surface area contributed by atoms with Crippen LogP contribution in [0.2, 0.25) is 5.02 Å². The number of carbonyl (C=O) groups is 1. The zero-order valence-electron chi connectivity index (χ0n) is 17.0. The van der Waals surface area contributed by atoms with Crippen LogP contribution in [0.1, 0.15) is 18.3 Å². The Labute approximate surface area is 184 Å². The number of para-hydroxylation sites is 1. The summed E-state index contributed by atoms with van der Waals surface area (Å²) in [5, 5.41) is 12.5. The molecule has 0 saturated carbocycles. The third-order valence-electron chi connectivity index (χ3n) is 4.26. The van der Waals surface area contributed by atoms with Crippen LogP contribution in [0.25, 0.3) is 0 Å². The number of hydrogen-bond donors (Lipinski definition) is 1. The number of halogens is 1. The number of anilines is 1. The highest BCUT2D eigenvalue weighted by molar-refractivity contribution is 7.99. The topological polar surface area (TPSA) is 78.3 Å². The molecule has 1 N–H and O–H groups in total. The Bertz CT molecular complexity index is 1030. The number of aryl methyl sites for hydroxylation is 1. The lowest BCUT2D eigenvalue weighted by Gasteiger charge is -2.11. The molecule has 0 fully saturated rings. The van der Waals surface area contributed by atoms with E-state index in [0.717, 1.165) is 5.56 Å². The Morgan fingerprint density at radius 2 is 2.00 bits per heavy atom. The highest BCUT2D eigenvalue weighted by Gasteiger charge is 2.15. The van der Waals surface area contributed by atoms with Gasteiger partial charge in [-0.1, -0.05) is 41.6 Å². The van der Waals surface area contributed by atoms with Gasteiger partial charge in [0.05, 0.1) is 23.6 Å². The van der Waals surface area contributed by atoms with E-state index >= 15 is 0 Å². The van der Waals surface area contributed by atoms with Gasteiger partial charge in [0, 0.05) is 6.54 Å². The molecule has 0 aliphatic heterocycles. The number of nitrogens with zero attached hydrogens (tertiary/aromatic N) is 3. The first-order valence-electron chi connectivity index (χ1n) is 9.38. The second-order valence-electron chi connectivity index (χ2n) is 6.40. The molecule has 0 spiro atoms. The highest BCUT2D eigenvalue weighted by atomic mass is 35.5. The van der Waals surface area contributed by atoms with Crippen molar-refractivity contribution in [1.29, 1.82) is 0 Å². The van der Waals surface area contributed by atoms with Crippen molar-refractivity contribution in [2.75, 3.05) is 18.2 Å². The first kappa shape index (κ1) is 22.0. The predicted molar refractivity (Wildman–Crippen MR) is 119 cm³/mol. The number of ether oxygens (including phenoxy) is 2. The van der Waals surface area contributed by atoms with Crippen LogP contribution in [0.3, 0.4) is 0 Å². The average molecular weight is 447 g/mol. The smallest absolute Gasteiger partial charge is 0.234 e. The zero-order chi connectivity index (χ0) is 21.5. The van der Waals surface area contributed by atoms with Gasteiger partial charge in [-0.15, -0.1) is 10.2 Å². The summed E-state index contributed by atoms with van der Waals surface area (Å²) in [7, 11) is 1.57. The average Bonchev–Trinajstić information content (AvgIpc) is 3.13. The summed E-state index contributed by atoms with van der Waals surface area (Å²) in [6.45, 7) is 4.84. The number of amides is 1. The van der Waals surface area contributed by atoms with Crippen LogP contribution in [-0.2, 0) is 17.9 Å². The zero-order valence-corrected chi connectivity index (χ0v) is 18.6. The number of aromatic nitrogens is 3. The van der Waals surface area contributed by atoms with Gasteiger partial charge in [-0.3, -0.25) is 4.79 Å². The summed E-state index contributed by atoms with van der Waals surface area (Å²) in [6, 6.07) is 12.9. The van der Waals surface area contributed by atoms with Gasteiger partial charge in [-0.05, 0) is 43.7 Å². The van der Waals surface area contributed by atoms with Crippen LogP contribution in [-0.4, -0.2) is 33.5 Å². The van der Waals surface area contributed by atoms with Gasteiger partial charge in [0.2, 0.25) is 5.91 Å². The van der Waals surface area contributed by atoms with Crippen LogP contribution in [0.15, 0.2) is 47.6 Å². The molecule has 0 aliphatic carbocycles. The molecule has 1 heterocycles. The number of carbonyl (C=O) groups excluding carboxylic acids is 1. The number of benzene rings is 2. The fraction of sp³-hybridized carbons (Fsp3) is 0.286. The fourth-order valence-corrected chi connectivity index (χ4v) is 3.80. The van der Waals surface area contributed by atoms with Gasteiger partial charge in [0.25, 0.3) is 0 Å². The Morgan fingerprint density at radius 3 is 2.73 bits per heavy atom. The van der Waals surface area contributed by atoms with Gasteiger partial charge < -0.3 is 19.4 Å². The van der Waals surface area contributed by atoms with Gasteiger partial charge in [0.15, 0.2) is 11.0 Å². The van der Waals surface area contributed by atoms with Crippen molar-refractivity contribution in [2.45, 2.75) is 32.2 Å². The molecule has 3 aromatic rings. The molecule has 9 heteroatoms. The van der Waals surface area contributed by atoms with E-state index in [0.29, 0.717) is 39.7 Å². The monoisotopic (exact) mass is 446 g/mol. The van der Waals surface area contributed by atoms with E-state index in [-0.39, 0.29) is 18.3 Å². The van der Waals surface area contributed by atoms with E-state index in [9.17, 15) is 4.79 Å². The first-order valence-corrected chi connectivity index (χ1v) is 10.7. The van der Waals surface area contributed by atoms with Crippen molar-refractivity contribution < 1.29 is 14.3 Å². The molecule has 3 rings (SSSR count). The van der Waals surface area contributed by atoms with E-state index in [4.69, 9.17) is 21.1 Å². The van der Waals surface area contributed by atoms with Crippen molar-refractivity contribution in [1.82, 2.24) is 14.8 Å². The van der Waals surface area contributed by atoms with Gasteiger partial charge in [0.1, 0.15) is 18.1 Å². The van der Waals surface area contributed by atoms with Crippen molar-refractivity contribution in [3.63, 3.8) is 0 Å². The third-order valence-corrected chi connectivity index (χ3v) is 5.54. The summed E-state index contributed by atoms with van der Waals surface area (Å²) in [5.74, 6) is 1.92. The number of methoxy groups -OCH3 is 1. The molecule has 30 heavy (non-hydrogen) atoms. The lowest BCUT2D eigenvalue weighted by Crippen LogP contribution is -2.15. The normalized spacial score (nSPS) is 10.7. The summed E-state index contributed by atoms with van der Waals surface area (Å²) < 4.78 is 13.0. The van der Waals surface area contributed by atoms with E-state index in [2.05, 4.69) is 15.5 Å². The molecular formula is C21H23ClN4O3S. The molecule has 158 valence electrons. The minimum Gasteiger partial charge on any atom is -0.495 e. The second kappa shape index (κ2) is 10.4. The van der Waals surface area contributed by atoms with Gasteiger partial charge in [-0.2, -0.15) is 0 Å². The molecule has 2 aromatic carbocycles. The van der Waals surface area contributed by atoms with E-state index in [1.807, 2.05) is 48.7 Å². The maximum absolute atomic E-state index is 12.4. The molecule has 0 unspecified atom stereocenters. The van der Waals surface area contributed by atoms with Crippen molar-refractivity contribution in [3.05, 3.63) is 58.9 Å². The summed E-state index contributed by atoms with van der Waals surface area (Å²) >= 11 is 7.44. The molecule has 1 aromatic heterocycles. The number of hydrogen-bond acceptors (Lipinski definition) is 6. The quantitative estimate of drug-likeness (QED) is 0.485. The maximum Gasteiger partial charge on any atom is 0.234 e. The fourth-order valence-electron chi connectivity index (χ4n) is 2.79. The van der Waals surface area contributed by atoms with Gasteiger partial charge >= 0.3 is 0 Å². The standard InChI is InChI=1S/C21H23ClN4O3S/c1-4-26-19(12-29-17-8-6-5-7-15(17)22)24-25-21(26)30-13-20(27)23-16-11-14(2)9-10-18(16)28-3/h5-11H,4,12-13H2,1-3H3,(H,23,27). The molecule has 0 saturated heterocycles.